The molecule has 5 rings (SSSR count). The first kappa shape index (κ1) is 24.4. The van der Waals surface area contributed by atoms with E-state index in [1.54, 1.807) is 31.3 Å². The number of hydrogen-bond donors (Lipinski definition) is 0. The van der Waals surface area contributed by atoms with Gasteiger partial charge < -0.3 is 9.47 Å². The topological polar surface area (TPSA) is 88.4 Å². The van der Waals surface area contributed by atoms with Crippen LogP contribution >= 0.6 is 0 Å². The Morgan fingerprint density at radius 2 is 1.77 bits per heavy atom. The van der Waals surface area contributed by atoms with E-state index < -0.39 is 10.0 Å². The Labute approximate surface area is 208 Å². The standard InChI is InChI=1S/C26H37N5O3S/c1-29(22-12-4-2-5-13-22)35(33,34)23-14-8-10-20(18-23)26(32)30-16-9-11-21(19-30)25-28-27-24-15-6-3-7-17-31(24)25/h8,10,14,18,21-22H,2-7,9,11-13,15-17,19H2,1H3. The predicted molar refractivity (Wildman–Crippen MR) is 134 cm³/mol. The molecule has 8 nitrogen and oxygen atoms in total. The minimum Gasteiger partial charge on any atom is -0.338 e. The van der Waals surface area contributed by atoms with Crippen molar-refractivity contribution >= 4 is 15.9 Å². The van der Waals surface area contributed by atoms with Gasteiger partial charge in [-0.1, -0.05) is 31.7 Å². The zero-order chi connectivity index (χ0) is 24.4. The fraction of sp³-hybridized carbons (Fsp3) is 0.654. The first-order valence-corrected chi connectivity index (χ1v) is 14.7. The Kier molecular flexibility index (Phi) is 7.25. The number of carbonyl (C=O) groups is 1. The number of piperidine rings is 1. The summed E-state index contributed by atoms with van der Waals surface area (Å²) in [5.74, 6) is 2.13. The fourth-order valence-corrected chi connectivity index (χ4v) is 7.42. The molecule has 1 atom stereocenters. The number of rotatable bonds is 5. The number of aryl methyl sites for hydroxylation is 1. The largest absolute Gasteiger partial charge is 0.338 e. The molecule has 1 aromatic carbocycles. The van der Waals surface area contributed by atoms with Gasteiger partial charge in [-0.05, 0) is 56.7 Å². The van der Waals surface area contributed by atoms with Crippen LogP contribution in [0.5, 0.6) is 0 Å². The predicted octanol–water partition coefficient (Wildman–Crippen LogP) is 3.98. The van der Waals surface area contributed by atoms with Crippen LogP contribution in [0.3, 0.4) is 0 Å². The van der Waals surface area contributed by atoms with Gasteiger partial charge in [-0.3, -0.25) is 4.79 Å². The van der Waals surface area contributed by atoms with Gasteiger partial charge in [0.05, 0.1) is 4.90 Å². The molecular weight excluding hydrogens is 462 g/mol. The first-order chi connectivity index (χ1) is 16.9. The summed E-state index contributed by atoms with van der Waals surface area (Å²) in [7, 11) is -1.97. The highest BCUT2D eigenvalue weighted by molar-refractivity contribution is 7.89. The van der Waals surface area contributed by atoms with Crippen LogP contribution in [0.2, 0.25) is 0 Å². The van der Waals surface area contributed by atoms with Crippen molar-refractivity contribution in [1.82, 2.24) is 24.0 Å². The highest BCUT2D eigenvalue weighted by Gasteiger charge is 2.32. The molecule has 2 aromatic rings. The Bertz CT molecular complexity index is 1160. The maximum atomic E-state index is 13.5. The zero-order valence-corrected chi connectivity index (χ0v) is 21.5. The van der Waals surface area contributed by atoms with E-state index in [0.717, 1.165) is 76.0 Å². The summed E-state index contributed by atoms with van der Waals surface area (Å²) >= 11 is 0. The highest BCUT2D eigenvalue weighted by atomic mass is 32.2. The van der Waals surface area contributed by atoms with Gasteiger partial charge in [0.15, 0.2) is 0 Å². The van der Waals surface area contributed by atoms with Gasteiger partial charge in [0.1, 0.15) is 11.6 Å². The summed E-state index contributed by atoms with van der Waals surface area (Å²) < 4.78 is 30.5. The van der Waals surface area contributed by atoms with E-state index in [1.807, 2.05) is 4.90 Å². The average molecular weight is 500 g/mol. The Balaban J connectivity index is 1.32. The second-order valence-corrected chi connectivity index (χ2v) is 12.4. The third kappa shape index (κ3) is 5.03. The molecule has 9 heteroatoms. The van der Waals surface area contributed by atoms with Crippen LogP contribution in [0.15, 0.2) is 29.2 Å². The molecule has 0 spiro atoms. The molecule has 190 valence electrons. The van der Waals surface area contributed by atoms with E-state index in [-0.39, 0.29) is 22.8 Å². The van der Waals surface area contributed by atoms with E-state index >= 15 is 0 Å². The van der Waals surface area contributed by atoms with E-state index in [4.69, 9.17) is 0 Å². The molecule has 3 aliphatic rings. The van der Waals surface area contributed by atoms with Gasteiger partial charge in [0.25, 0.3) is 5.91 Å². The summed E-state index contributed by atoms with van der Waals surface area (Å²) in [6.45, 7) is 2.22. The van der Waals surface area contributed by atoms with Crippen molar-refractivity contribution in [2.45, 2.75) is 94.0 Å². The minimum absolute atomic E-state index is 0.0363. The normalized spacial score (nSPS) is 22.1. The fourth-order valence-electron chi connectivity index (χ4n) is 5.96. The number of benzene rings is 1. The number of fused-ring (bicyclic) bond motifs is 1. The number of amides is 1. The molecule has 0 radical (unpaired) electrons. The Morgan fingerprint density at radius 1 is 0.971 bits per heavy atom. The quantitative estimate of drug-likeness (QED) is 0.621. The van der Waals surface area contributed by atoms with Gasteiger partial charge in [-0.15, -0.1) is 10.2 Å². The van der Waals surface area contributed by atoms with Crippen LogP contribution in [0.1, 0.15) is 92.1 Å². The van der Waals surface area contributed by atoms with Gasteiger partial charge in [0.2, 0.25) is 10.0 Å². The lowest BCUT2D eigenvalue weighted by molar-refractivity contribution is 0.0703. The molecule has 0 N–H and O–H groups in total. The van der Waals surface area contributed by atoms with Crippen LogP contribution in [-0.4, -0.2) is 64.5 Å². The second kappa shape index (κ2) is 10.4. The molecule has 0 bridgehead atoms. The molecule has 1 unspecified atom stereocenters. The van der Waals surface area contributed by atoms with Crippen molar-refractivity contribution in [2.75, 3.05) is 20.1 Å². The lowest BCUT2D eigenvalue weighted by atomic mass is 9.96. The van der Waals surface area contributed by atoms with Crippen LogP contribution < -0.4 is 0 Å². The summed E-state index contributed by atoms with van der Waals surface area (Å²) in [5.41, 5.74) is 0.434. The highest BCUT2D eigenvalue weighted by Crippen LogP contribution is 2.30. The number of hydrogen-bond acceptors (Lipinski definition) is 5. The monoisotopic (exact) mass is 499 g/mol. The zero-order valence-electron chi connectivity index (χ0n) is 20.7. The molecule has 1 saturated heterocycles. The van der Waals surface area contributed by atoms with Crippen molar-refractivity contribution < 1.29 is 13.2 Å². The van der Waals surface area contributed by atoms with Crippen molar-refractivity contribution in [3.63, 3.8) is 0 Å². The molecule has 2 aliphatic heterocycles. The number of likely N-dealkylation sites (tertiary alicyclic amines) is 1. The third-order valence-electron chi connectivity index (χ3n) is 8.06. The SMILES string of the molecule is CN(C1CCCCC1)S(=O)(=O)c1cccc(C(=O)N2CCCC(c3nnc4n3CCCCC4)C2)c1. The molecule has 1 saturated carbocycles. The number of sulfonamides is 1. The Hall–Kier alpha value is -2.26. The third-order valence-corrected chi connectivity index (χ3v) is 9.96. The minimum atomic E-state index is -3.64. The van der Waals surface area contributed by atoms with E-state index in [2.05, 4.69) is 14.8 Å². The van der Waals surface area contributed by atoms with Crippen molar-refractivity contribution in [3.05, 3.63) is 41.5 Å². The van der Waals surface area contributed by atoms with Gasteiger partial charge >= 0.3 is 0 Å². The molecule has 1 aliphatic carbocycles. The number of nitrogens with zero attached hydrogens (tertiary/aromatic N) is 5. The van der Waals surface area contributed by atoms with Gasteiger partial charge in [-0.2, -0.15) is 4.31 Å². The molecular formula is C26H37N5O3S. The van der Waals surface area contributed by atoms with Crippen LogP contribution in [0.25, 0.3) is 0 Å². The summed E-state index contributed by atoms with van der Waals surface area (Å²) in [6, 6.07) is 6.62. The van der Waals surface area contributed by atoms with E-state index in [1.165, 1.54) is 17.1 Å². The lowest BCUT2D eigenvalue weighted by Crippen LogP contribution is -2.40. The molecule has 1 amide bonds. The van der Waals surface area contributed by atoms with Gasteiger partial charge in [-0.25, -0.2) is 8.42 Å². The first-order valence-electron chi connectivity index (χ1n) is 13.2. The maximum absolute atomic E-state index is 13.5. The van der Waals surface area contributed by atoms with Gasteiger partial charge in [0, 0.05) is 50.6 Å². The van der Waals surface area contributed by atoms with E-state index in [9.17, 15) is 13.2 Å². The number of aromatic nitrogens is 3. The summed E-state index contributed by atoms with van der Waals surface area (Å²) in [5, 5.41) is 8.98. The second-order valence-electron chi connectivity index (χ2n) is 10.4. The summed E-state index contributed by atoms with van der Waals surface area (Å²) in [4.78, 5) is 15.5. The average Bonchev–Trinajstić information content (AvgIpc) is 3.16. The van der Waals surface area contributed by atoms with Crippen LogP contribution in [0, 0.1) is 0 Å². The lowest BCUT2D eigenvalue weighted by Gasteiger charge is -2.33. The molecule has 2 fully saturated rings. The van der Waals surface area contributed by atoms with Crippen molar-refractivity contribution in [3.8, 4) is 0 Å². The molecule has 35 heavy (non-hydrogen) atoms. The summed E-state index contributed by atoms with van der Waals surface area (Å²) in [6.07, 6.45) is 11.5. The maximum Gasteiger partial charge on any atom is 0.253 e. The van der Waals surface area contributed by atoms with Crippen molar-refractivity contribution in [2.24, 2.45) is 0 Å². The van der Waals surface area contributed by atoms with Crippen molar-refractivity contribution in [1.29, 1.82) is 0 Å². The smallest absolute Gasteiger partial charge is 0.253 e. The molecule has 3 heterocycles. The van der Waals surface area contributed by atoms with Crippen LogP contribution in [-0.2, 0) is 23.0 Å². The number of carbonyl (C=O) groups excluding carboxylic acids is 1. The Morgan fingerprint density at radius 3 is 2.60 bits per heavy atom. The molecule has 1 aromatic heterocycles. The van der Waals surface area contributed by atoms with Crippen LogP contribution in [0.4, 0.5) is 0 Å². The van der Waals surface area contributed by atoms with E-state index in [0.29, 0.717) is 18.7 Å².